The largest absolute Gasteiger partial charge is 0.465 e. The molecule has 0 bridgehead atoms. The van der Waals surface area contributed by atoms with Crippen LogP contribution >= 0.6 is 0 Å². The monoisotopic (exact) mass is 224 g/mol. The van der Waals surface area contributed by atoms with E-state index in [1.54, 1.807) is 6.08 Å². The lowest BCUT2D eigenvalue weighted by Gasteiger charge is -2.06. The second kappa shape index (κ2) is 10.5. The van der Waals surface area contributed by atoms with Crippen molar-refractivity contribution in [1.82, 2.24) is 0 Å². The molecule has 0 heterocycles. The van der Waals surface area contributed by atoms with Crippen molar-refractivity contribution in [2.75, 3.05) is 6.61 Å². The summed E-state index contributed by atoms with van der Waals surface area (Å²) in [5.74, 6) is 0.364. The van der Waals surface area contributed by atoms with Gasteiger partial charge < -0.3 is 4.74 Å². The molecule has 2 heteroatoms. The van der Waals surface area contributed by atoms with Gasteiger partial charge in [-0.1, -0.05) is 45.1 Å². The maximum atomic E-state index is 11.2. The molecule has 0 aromatic carbocycles. The first kappa shape index (κ1) is 14.9. The van der Waals surface area contributed by atoms with E-state index in [2.05, 4.69) is 12.7 Å². The van der Waals surface area contributed by atoms with Gasteiger partial charge in [0.2, 0.25) is 0 Å². The predicted molar refractivity (Wildman–Crippen MR) is 68.2 cm³/mol. The van der Waals surface area contributed by atoms with Gasteiger partial charge in [-0.2, -0.15) is 0 Å². The molecule has 0 radical (unpaired) electrons. The summed E-state index contributed by atoms with van der Waals surface area (Å²) >= 11 is 0. The third-order valence-corrected chi connectivity index (χ3v) is 2.10. The maximum Gasteiger partial charge on any atom is 0.305 e. The van der Waals surface area contributed by atoms with Crippen LogP contribution in [0.1, 0.15) is 46.0 Å². The number of carbonyl (C=O) groups excluding carboxylic acids is 1. The Morgan fingerprint density at radius 3 is 2.69 bits per heavy atom. The summed E-state index contributed by atoms with van der Waals surface area (Å²) in [6.07, 6.45) is 10.6. The summed E-state index contributed by atoms with van der Waals surface area (Å²) in [5.41, 5.74) is 0. The summed E-state index contributed by atoms with van der Waals surface area (Å²) in [6, 6.07) is 0. The molecule has 0 aromatic heterocycles. The summed E-state index contributed by atoms with van der Waals surface area (Å²) in [7, 11) is 0. The van der Waals surface area contributed by atoms with E-state index in [0.717, 1.165) is 25.7 Å². The molecule has 0 amide bonds. The van der Waals surface area contributed by atoms with E-state index in [1.165, 1.54) is 0 Å². The molecule has 16 heavy (non-hydrogen) atoms. The van der Waals surface area contributed by atoms with Crippen molar-refractivity contribution in [2.45, 2.75) is 46.0 Å². The van der Waals surface area contributed by atoms with Crippen LogP contribution in [0.5, 0.6) is 0 Å². The van der Waals surface area contributed by atoms with Crippen LogP contribution in [-0.2, 0) is 9.53 Å². The lowest BCUT2D eigenvalue weighted by molar-refractivity contribution is -0.144. The maximum absolute atomic E-state index is 11.2. The molecule has 0 aliphatic rings. The highest BCUT2D eigenvalue weighted by Crippen LogP contribution is 2.05. The Labute approximate surface area is 99.4 Å². The smallest absolute Gasteiger partial charge is 0.305 e. The SMILES string of the molecule is C=C/C=C/CCCCCC(=O)OCC(C)C. The zero-order valence-corrected chi connectivity index (χ0v) is 10.6. The number of allylic oxidation sites excluding steroid dienone is 3. The lowest BCUT2D eigenvalue weighted by Crippen LogP contribution is -2.09. The average Bonchev–Trinajstić information content (AvgIpc) is 2.25. The fraction of sp³-hybridized carbons (Fsp3) is 0.643. The molecular formula is C14H24O2. The summed E-state index contributed by atoms with van der Waals surface area (Å²) < 4.78 is 5.08. The van der Waals surface area contributed by atoms with Crippen LogP contribution in [0.25, 0.3) is 0 Å². The van der Waals surface area contributed by atoms with Gasteiger partial charge in [0.05, 0.1) is 6.61 Å². The third-order valence-electron chi connectivity index (χ3n) is 2.10. The Hall–Kier alpha value is -1.05. The van der Waals surface area contributed by atoms with Gasteiger partial charge in [-0.25, -0.2) is 0 Å². The topological polar surface area (TPSA) is 26.3 Å². The molecule has 0 N–H and O–H groups in total. The van der Waals surface area contributed by atoms with Crippen LogP contribution in [0.2, 0.25) is 0 Å². The number of hydrogen-bond donors (Lipinski definition) is 0. The Morgan fingerprint density at radius 2 is 2.06 bits per heavy atom. The van der Waals surface area contributed by atoms with Crippen LogP contribution in [0, 0.1) is 5.92 Å². The second-order valence-electron chi connectivity index (χ2n) is 4.34. The van der Waals surface area contributed by atoms with Crippen LogP contribution in [0.3, 0.4) is 0 Å². The molecule has 92 valence electrons. The summed E-state index contributed by atoms with van der Waals surface area (Å²) in [6.45, 7) is 8.23. The van der Waals surface area contributed by atoms with E-state index < -0.39 is 0 Å². The van der Waals surface area contributed by atoms with Crippen molar-refractivity contribution >= 4 is 5.97 Å². The first-order valence-electron chi connectivity index (χ1n) is 6.10. The van der Waals surface area contributed by atoms with E-state index in [1.807, 2.05) is 19.9 Å². The fourth-order valence-corrected chi connectivity index (χ4v) is 1.23. The Balaban J connectivity index is 3.27. The lowest BCUT2D eigenvalue weighted by atomic mass is 10.1. The van der Waals surface area contributed by atoms with E-state index in [0.29, 0.717) is 18.9 Å². The van der Waals surface area contributed by atoms with Crippen molar-refractivity contribution in [3.8, 4) is 0 Å². The minimum atomic E-state index is -0.0599. The molecule has 0 fully saturated rings. The quantitative estimate of drug-likeness (QED) is 0.337. The van der Waals surface area contributed by atoms with Gasteiger partial charge in [0.25, 0.3) is 0 Å². The Kier molecular flexibility index (Phi) is 9.78. The number of esters is 1. The van der Waals surface area contributed by atoms with Gasteiger partial charge in [0, 0.05) is 6.42 Å². The molecule has 0 aliphatic heterocycles. The summed E-state index contributed by atoms with van der Waals surface area (Å²) in [4.78, 5) is 11.2. The molecule has 0 atom stereocenters. The molecule has 0 rings (SSSR count). The van der Waals surface area contributed by atoms with Crippen LogP contribution in [-0.4, -0.2) is 12.6 Å². The molecule has 0 aromatic rings. The standard InChI is InChI=1S/C14H24O2/c1-4-5-6-7-8-9-10-11-14(15)16-12-13(2)3/h4-6,13H,1,7-12H2,2-3H3/b6-5+. The van der Waals surface area contributed by atoms with Crippen molar-refractivity contribution < 1.29 is 9.53 Å². The van der Waals surface area contributed by atoms with Gasteiger partial charge in [0.1, 0.15) is 0 Å². The van der Waals surface area contributed by atoms with E-state index in [9.17, 15) is 4.79 Å². The first-order valence-corrected chi connectivity index (χ1v) is 6.10. The van der Waals surface area contributed by atoms with Gasteiger partial charge in [-0.3, -0.25) is 4.79 Å². The molecular weight excluding hydrogens is 200 g/mol. The number of ether oxygens (including phenoxy) is 1. The Morgan fingerprint density at radius 1 is 1.31 bits per heavy atom. The number of carbonyl (C=O) groups is 1. The zero-order valence-electron chi connectivity index (χ0n) is 10.6. The number of rotatable bonds is 9. The van der Waals surface area contributed by atoms with E-state index in [4.69, 9.17) is 4.74 Å². The minimum Gasteiger partial charge on any atom is -0.465 e. The predicted octanol–water partition coefficient (Wildman–Crippen LogP) is 3.88. The average molecular weight is 224 g/mol. The molecule has 0 saturated carbocycles. The van der Waals surface area contributed by atoms with Crippen LogP contribution in [0.4, 0.5) is 0 Å². The number of unbranched alkanes of at least 4 members (excludes halogenated alkanes) is 3. The van der Waals surface area contributed by atoms with E-state index >= 15 is 0 Å². The van der Waals surface area contributed by atoms with Crippen LogP contribution < -0.4 is 0 Å². The Bertz CT molecular complexity index is 217. The first-order chi connectivity index (χ1) is 7.66. The molecule has 2 nitrogen and oxygen atoms in total. The van der Waals surface area contributed by atoms with Gasteiger partial charge in [-0.05, 0) is 25.2 Å². The van der Waals surface area contributed by atoms with Crippen molar-refractivity contribution in [2.24, 2.45) is 5.92 Å². The zero-order chi connectivity index (χ0) is 12.2. The molecule has 0 unspecified atom stereocenters. The molecule has 0 saturated heterocycles. The highest BCUT2D eigenvalue weighted by molar-refractivity contribution is 5.69. The van der Waals surface area contributed by atoms with Crippen molar-refractivity contribution in [3.63, 3.8) is 0 Å². The number of hydrogen-bond acceptors (Lipinski definition) is 2. The summed E-state index contributed by atoms with van der Waals surface area (Å²) in [5, 5.41) is 0. The molecule has 0 aliphatic carbocycles. The molecule has 0 spiro atoms. The van der Waals surface area contributed by atoms with E-state index in [-0.39, 0.29) is 5.97 Å². The highest BCUT2D eigenvalue weighted by Gasteiger charge is 2.03. The normalized spacial score (nSPS) is 10.9. The van der Waals surface area contributed by atoms with Gasteiger partial charge in [0.15, 0.2) is 0 Å². The highest BCUT2D eigenvalue weighted by atomic mass is 16.5. The fourth-order valence-electron chi connectivity index (χ4n) is 1.23. The van der Waals surface area contributed by atoms with Crippen LogP contribution in [0.15, 0.2) is 24.8 Å². The van der Waals surface area contributed by atoms with Crippen molar-refractivity contribution in [3.05, 3.63) is 24.8 Å². The van der Waals surface area contributed by atoms with Gasteiger partial charge in [-0.15, -0.1) is 0 Å². The minimum absolute atomic E-state index is 0.0599. The third kappa shape index (κ3) is 11.0. The second-order valence-corrected chi connectivity index (χ2v) is 4.34. The van der Waals surface area contributed by atoms with Gasteiger partial charge >= 0.3 is 5.97 Å². The van der Waals surface area contributed by atoms with Crippen molar-refractivity contribution in [1.29, 1.82) is 0 Å².